The van der Waals surface area contributed by atoms with Crippen LogP contribution >= 0.6 is 0 Å². The molecule has 1 atom stereocenters. The Morgan fingerprint density at radius 3 is 2.80 bits per heavy atom. The van der Waals surface area contributed by atoms with E-state index in [0.717, 1.165) is 42.8 Å². The van der Waals surface area contributed by atoms with Gasteiger partial charge in [0.1, 0.15) is 0 Å². The van der Waals surface area contributed by atoms with Gasteiger partial charge in [-0.2, -0.15) is 0 Å². The van der Waals surface area contributed by atoms with E-state index in [-0.39, 0.29) is 12.6 Å². The van der Waals surface area contributed by atoms with Crippen molar-refractivity contribution in [2.75, 3.05) is 32.8 Å². The van der Waals surface area contributed by atoms with Gasteiger partial charge in [-0.3, -0.25) is 9.88 Å². The quantitative estimate of drug-likeness (QED) is 0.888. The summed E-state index contributed by atoms with van der Waals surface area (Å²) in [7, 11) is 0. The first-order chi connectivity index (χ1) is 9.78. The smallest absolute Gasteiger partial charge is 0.0705 e. The van der Waals surface area contributed by atoms with Crippen molar-refractivity contribution in [3.05, 3.63) is 41.6 Å². The lowest BCUT2D eigenvalue weighted by atomic mass is 10.0. The molecule has 3 rings (SSSR count). The van der Waals surface area contributed by atoms with E-state index in [2.05, 4.69) is 39.5 Å². The molecule has 1 unspecified atom stereocenters. The number of fused-ring (bicyclic) bond motifs is 1. The second-order valence-electron chi connectivity index (χ2n) is 5.39. The van der Waals surface area contributed by atoms with E-state index in [9.17, 15) is 5.11 Å². The molecule has 2 N–H and O–H groups in total. The molecule has 2 aromatic rings. The Morgan fingerprint density at radius 1 is 1.25 bits per heavy atom. The number of aliphatic hydroxyl groups is 1. The number of piperazine rings is 1. The lowest BCUT2D eigenvalue weighted by Gasteiger charge is -2.34. The molecule has 1 aliphatic heterocycles. The van der Waals surface area contributed by atoms with Gasteiger partial charge in [-0.15, -0.1) is 0 Å². The van der Waals surface area contributed by atoms with Gasteiger partial charge in [-0.1, -0.05) is 12.1 Å². The van der Waals surface area contributed by atoms with Crippen LogP contribution in [-0.2, 0) is 0 Å². The highest BCUT2D eigenvalue weighted by molar-refractivity contribution is 5.79. The molecule has 4 heteroatoms. The van der Waals surface area contributed by atoms with Gasteiger partial charge in [0, 0.05) is 37.3 Å². The second kappa shape index (κ2) is 5.87. The average Bonchev–Trinajstić information content (AvgIpc) is 2.49. The number of aliphatic hydroxyl groups excluding tert-OH is 1. The van der Waals surface area contributed by atoms with Crippen LogP contribution in [0.3, 0.4) is 0 Å². The Balaban J connectivity index is 1.92. The summed E-state index contributed by atoms with van der Waals surface area (Å²) < 4.78 is 0. The highest BCUT2D eigenvalue weighted by atomic mass is 16.3. The van der Waals surface area contributed by atoms with Gasteiger partial charge in [0.2, 0.25) is 0 Å². The predicted octanol–water partition coefficient (Wildman–Crippen LogP) is 1.48. The first-order valence-electron chi connectivity index (χ1n) is 7.21. The van der Waals surface area contributed by atoms with Crippen molar-refractivity contribution in [2.45, 2.75) is 13.0 Å². The van der Waals surface area contributed by atoms with E-state index in [1.807, 2.05) is 13.0 Å². The minimum Gasteiger partial charge on any atom is -0.394 e. The summed E-state index contributed by atoms with van der Waals surface area (Å²) in [5.41, 5.74) is 3.23. The van der Waals surface area contributed by atoms with E-state index < -0.39 is 0 Å². The SMILES string of the molecule is Cc1ccc2cc(C(CO)N3CCNCC3)ccc2n1. The van der Waals surface area contributed by atoms with Crippen molar-refractivity contribution in [1.82, 2.24) is 15.2 Å². The zero-order valence-corrected chi connectivity index (χ0v) is 11.8. The van der Waals surface area contributed by atoms with E-state index in [4.69, 9.17) is 0 Å². The largest absolute Gasteiger partial charge is 0.394 e. The van der Waals surface area contributed by atoms with Crippen LogP contribution in [0.1, 0.15) is 17.3 Å². The van der Waals surface area contributed by atoms with Gasteiger partial charge < -0.3 is 10.4 Å². The monoisotopic (exact) mass is 271 g/mol. The fourth-order valence-corrected chi connectivity index (χ4v) is 2.88. The third-order valence-electron chi connectivity index (χ3n) is 4.00. The van der Waals surface area contributed by atoms with Crippen molar-refractivity contribution in [1.29, 1.82) is 0 Å². The average molecular weight is 271 g/mol. The topological polar surface area (TPSA) is 48.4 Å². The summed E-state index contributed by atoms with van der Waals surface area (Å²) in [5.74, 6) is 0. The highest BCUT2D eigenvalue weighted by Gasteiger charge is 2.21. The molecule has 1 aromatic heterocycles. The van der Waals surface area contributed by atoms with Crippen LogP contribution in [0.5, 0.6) is 0 Å². The summed E-state index contributed by atoms with van der Waals surface area (Å²) in [5, 5.41) is 14.3. The Hall–Kier alpha value is -1.49. The van der Waals surface area contributed by atoms with Gasteiger partial charge in [-0.25, -0.2) is 0 Å². The molecule has 20 heavy (non-hydrogen) atoms. The Bertz CT molecular complexity index is 593. The number of benzene rings is 1. The van der Waals surface area contributed by atoms with E-state index in [0.29, 0.717) is 0 Å². The van der Waals surface area contributed by atoms with E-state index in [1.54, 1.807) is 0 Å². The molecular weight excluding hydrogens is 250 g/mol. The van der Waals surface area contributed by atoms with Crippen molar-refractivity contribution >= 4 is 10.9 Å². The molecule has 0 spiro atoms. The third kappa shape index (κ3) is 2.68. The zero-order chi connectivity index (χ0) is 13.9. The van der Waals surface area contributed by atoms with Gasteiger partial charge in [0.15, 0.2) is 0 Å². The van der Waals surface area contributed by atoms with Gasteiger partial charge in [-0.05, 0) is 30.7 Å². The van der Waals surface area contributed by atoms with Gasteiger partial charge >= 0.3 is 0 Å². The molecule has 1 aromatic carbocycles. The maximum absolute atomic E-state index is 9.77. The summed E-state index contributed by atoms with van der Waals surface area (Å²) in [6, 6.07) is 10.5. The lowest BCUT2D eigenvalue weighted by molar-refractivity contribution is 0.111. The lowest BCUT2D eigenvalue weighted by Crippen LogP contribution is -2.46. The zero-order valence-electron chi connectivity index (χ0n) is 11.8. The Labute approximate surface area is 119 Å². The summed E-state index contributed by atoms with van der Waals surface area (Å²) in [6.45, 7) is 6.11. The maximum atomic E-state index is 9.77. The predicted molar refractivity (Wildman–Crippen MR) is 80.7 cm³/mol. The fourth-order valence-electron chi connectivity index (χ4n) is 2.88. The molecule has 1 saturated heterocycles. The van der Waals surface area contributed by atoms with Gasteiger partial charge in [0.05, 0.1) is 18.2 Å². The standard InChI is InChI=1S/C16H21N3O/c1-12-2-3-13-10-14(4-5-15(13)18-12)16(11-20)19-8-6-17-7-9-19/h2-5,10,16-17,20H,6-9,11H2,1H3. The molecule has 106 valence electrons. The number of hydrogen-bond acceptors (Lipinski definition) is 4. The van der Waals surface area contributed by atoms with Crippen LogP contribution in [0.4, 0.5) is 0 Å². The number of aromatic nitrogens is 1. The molecule has 2 heterocycles. The molecule has 0 amide bonds. The van der Waals surface area contributed by atoms with Crippen LogP contribution in [-0.4, -0.2) is 47.8 Å². The molecule has 0 bridgehead atoms. The molecule has 1 aliphatic rings. The van der Waals surface area contributed by atoms with Crippen LogP contribution in [0.25, 0.3) is 10.9 Å². The maximum Gasteiger partial charge on any atom is 0.0705 e. The molecule has 0 radical (unpaired) electrons. The first kappa shape index (κ1) is 13.5. The summed E-state index contributed by atoms with van der Waals surface area (Å²) >= 11 is 0. The number of pyridine rings is 1. The molecule has 1 fully saturated rings. The van der Waals surface area contributed by atoms with Crippen LogP contribution < -0.4 is 5.32 Å². The minimum atomic E-state index is 0.0859. The third-order valence-corrected chi connectivity index (χ3v) is 4.00. The number of aryl methyl sites for hydroxylation is 1. The summed E-state index contributed by atoms with van der Waals surface area (Å²) in [4.78, 5) is 6.87. The van der Waals surface area contributed by atoms with Crippen LogP contribution in [0.2, 0.25) is 0 Å². The second-order valence-corrected chi connectivity index (χ2v) is 5.39. The molecule has 4 nitrogen and oxygen atoms in total. The minimum absolute atomic E-state index is 0.0859. The van der Waals surface area contributed by atoms with Gasteiger partial charge in [0.25, 0.3) is 0 Å². The number of rotatable bonds is 3. The first-order valence-corrected chi connectivity index (χ1v) is 7.21. The van der Waals surface area contributed by atoms with Crippen molar-refractivity contribution in [3.63, 3.8) is 0 Å². The van der Waals surface area contributed by atoms with Crippen molar-refractivity contribution < 1.29 is 5.11 Å². The fraction of sp³-hybridized carbons (Fsp3) is 0.438. The summed E-state index contributed by atoms with van der Waals surface area (Å²) in [6.07, 6.45) is 0. The van der Waals surface area contributed by atoms with Crippen LogP contribution in [0, 0.1) is 6.92 Å². The molecule has 0 aliphatic carbocycles. The number of hydrogen-bond donors (Lipinski definition) is 2. The van der Waals surface area contributed by atoms with Crippen molar-refractivity contribution in [2.24, 2.45) is 0 Å². The Morgan fingerprint density at radius 2 is 2.05 bits per heavy atom. The normalized spacial score (nSPS) is 18.3. The molecular formula is C16H21N3O. The van der Waals surface area contributed by atoms with Crippen molar-refractivity contribution in [3.8, 4) is 0 Å². The molecule has 0 saturated carbocycles. The highest BCUT2D eigenvalue weighted by Crippen LogP contribution is 2.24. The number of nitrogens with one attached hydrogen (secondary N) is 1. The van der Waals surface area contributed by atoms with E-state index in [1.165, 1.54) is 5.56 Å². The van der Waals surface area contributed by atoms with E-state index >= 15 is 0 Å². The number of nitrogens with zero attached hydrogens (tertiary/aromatic N) is 2. The van der Waals surface area contributed by atoms with Crippen LogP contribution in [0.15, 0.2) is 30.3 Å². The Kier molecular flexibility index (Phi) is 3.96.